The molecular weight excluding hydrogens is 484 g/mol. The standard InChI is InChI=1S/C29H38N4O3S/c1-37(35,36)22-11-13-33(14-12-22)18-19-7-9-21(10-8-19)26-16-25-24-15-23(20-5-3-2-4-6-20)29(34)32-27(24)17-30-28(25)31-26/h2-10,22-28,30-31H,11-18H2,1H3,(H,32,34). The summed E-state index contributed by atoms with van der Waals surface area (Å²) < 4.78 is 23.7. The van der Waals surface area contributed by atoms with E-state index in [0.29, 0.717) is 17.9 Å². The van der Waals surface area contributed by atoms with Gasteiger partial charge in [-0.3, -0.25) is 20.3 Å². The van der Waals surface area contributed by atoms with E-state index in [4.69, 9.17) is 0 Å². The summed E-state index contributed by atoms with van der Waals surface area (Å²) in [4.78, 5) is 15.2. The fourth-order valence-corrected chi connectivity index (χ4v) is 8.19. The lowest BCUT2D eigenvalue weighted by atomic mass is 9.71. The molecule has 4 fully saturated rings. The van der Waals surface area contributed by atoms with Gasteiger partial charge in [-0.15, -0.1) is 0 Å². The van der Waals surface area contributed by atoms with Crippen LogP contribution in [0.25, 0.3) is 0 Å². The first-order valence-corrected chi connectivity index (χ1v) is 15.7. The fourth-order valence-electron chi connectivity index (χ4n) is 7.13. The van der Waals surface area contributed by atoms with Gasteiger partial charge in [0, 0.05) is 31.4 Å². The van der Waals surface area contributed by atoms with Crippen molar-refractivity contribution in [2.45, 2.75) is 61.6 Å². The molecule has 2 aromatic rings. The average molecular weight is 523 g/mol. The summed E-state index contributed by atoms with van der Waals surface area (Å²) in [5, 5.41) is 10.6. The molecule has 4 saturated heterocycles. The van der Waals surface area contributed by atoms with Crippen LogP contribution in [0, 0.1) is 11.8 Å². The first kappa shape index (κ1) is 25.0. The highest BCUT2D eigenvalue weighted by molar-refractivity contribution is 7.91. The first-order valence-electron chi connectivity index (χ1n) is 13.7. The molecule has 0 spiro atoms. The van der Waals surface area contributed by atoms with Crippen LogP contribution in [-0.4, -0.2) is 62.6 Å². The highest BCUT2D eigenvalue weighted by Gasteiger charge is 2.49. The van der Waals surface area contributed by atoms with Gasteiger partial charge in [0.15, 0.2) is 0 Å². The highest BCUT2D eigenvalue weighted by Crippen LogP contribution is 2.44. The van der Waals surface area contributed by atoms with Gasteiger partial charge in [0.05, 0.1) is 17.3 Å². The molecule has 3 N–H and O–H groups in total. The Morgan fingerprint density at radius 3 is 2.35 bits per heavy atom. The van der Waals surface area contributed by atoms with Crippen LogP contribution in [0.4, 0.5) is 0 Å². The van der Waals surface area contributed by atoms with Gasteiger partial charge in [0.2, 0.25) is 5.91 Å². The summed E-state index contributed by atoms with van der Waals surface area (Å²) in [6.07, 6.45) is 5.06. The molecule has 8 heteroatoms. The van der Waals surface area contributed by atoms with E-state index >= 15 is 0 Å². The molecule has 2 aromatic carbocycles. The Morgan fingerprint density at radius 1 is 0.919 bits per heavy atom. The van der Waals surface area contributed by atoms with Gasteiger partial charge < -0.3 is 5.32 Å². The summed E-state index contributed by atoms with van der Waals surface area (Å²) in [6, 6.07) is 19.7. The summed E-state index contributed by atoms with van der Waals surface area (Å²) in [5.41, 5.74) is 3.70. The van der Waals surface area contributed by atoms with Crippen molar-refractivity contribution < 1.29 is 13.2 Å². The normalized spacial score (nSPS) is 32.9. The lowest BCUT2D eigenvalue weighted by Gasteiger charge is -2.45. The van der Waals surface area contributed by atoms with E-state index in [9.17, 15) is 13.2 Å². The van der Waals surface area contributed by atoms with E-state index in [1.165, 1.54) is 17.4 Å². The van der Waals surface area contributed by atoms with Crippen molar-refractivity contribution in [3.8, 4) is 0 Å². The smallest absolute Gasteiger partial charge is 0.227 e. The van der Waals surface area contributed by atoms with E-state index in [0.717, 1.165) is 57.4 Å². The minimum Gasteiger partial charge on any atom is -0.351 e. The predicted octanol–water partition coefficient (Wildman–Crippen LogP) is 2.56. The molecule has 0 bridgehead atoms. The van der Waals surface area contributed by atoms with Gasteiger partial charge in [0.1, 0.15) is 9.84 Å². The number of carbonyl (C=O) groups excluding carboxylic acids is 1. The predicted molar refractivity (Wildman–Crippen MR) is 145 cm³/mol. The van der Waals surface area contributed by atoms with Crippen molar-refractivity contribution in [3.05, 3.63) is 71.3 Å². The molecule has 4 aliphatic rings. The van der Waals surface area contributed by atoms with Crippen molar-refractivity contribution >= 4 is 15.7 Å². The number of likely N-dealkylation sites (tertiary alicyclic amines) is 1. The number of nitrogens with zero attached hydrogens (tertiary/aromatic N) is 1. The molecule has 198 valence electrons. The second kappa shape index (κ2) is 10.1. The van der Waals surface area contributed by atoms with Gasteiger partial charge >= 0.3 is 0 Å². The number of benzene rings is 2. The molecule has 37 heavy (non-hydrogen) atoms. The maximum atomic E-state index is 12.9. The molecule has 0 aliphatic carbocycles. The van der Waals surface area contributed by atoms with Crippen LogP contribution in [0.1, 0.15) is 54.3 Å². The number of amides is 1. The van der Waals surface area contributed by atoms with E-state index in [-0.39, 0.29) is 29.3 Å². The maximum absolute atomic E-state index is 12.9. The Morgan fingerprint density at radius 2 is 1.65 bits per heavy atom. The van der Waals surface area contributed by atoms with Gasteiger partial charge in [0.25, 0.3) is 0 Å². The molecule has 7 nitrogen and oxygen atoms in total. The molecule has 6 atom stereocenters. The SMILES string of the molecule is CS(=O)(=O)C1CCN(Cc2ccc(C3CC4C(NCC5NC(=O)C(c6ccccc6)CC54)N3)cc2)CC1. The number of fused-ring (bicyclic) bond motifs is 3. The largest absolute Gasteiger partial charge is 0.351 e. The lowest BCUT2D eigenvalue weighted by Crippen LogP contribution is -2.63. The highest BCUT2D eigenvalue weighted by atomic mass is 32.2. The Labute approximate surface area is 220 Å². The van der Waals surface area contributed by atoms with Crippen LogP contribution in [0.3, 0.4) is 0 Å². The van der Waals surface area contributed by atoms with Crippen molar-refractivity contribution in [3.63, 3.8) is 0 Å². The summed E-state index contributed by atoms with van der Waals surface area (Å²) in [5.74, 6) is 1.03. The van der Waals surface area contributed by atoms with Crippen LogP contribution in [0.15, 0.2) is 54.6 Å². The number of rotatable bonds is 5. The third-order valence-electron chi connectivity index (χ3n) is 9.22. The second-order valence-corrected chi connectivity index (χ2v) is 13.9. The molecule has 0 saturated carbocycles. The van der Waals surface area contributed by atoms with Crippen LogP contribution < -0.4 is 16.0 Å². The third-order valence-corrected chi connectivity index (χ3v) is 10.9. The third kappa shape index (κ3) is 5.21. The Balaban J connectivity index is 1.08. The molecular formula is C29H38N4O3S. The monoisotopic (exact) mass is 522 g/mol. The molecule has 6 unspecified atom stereocenters. The number of carbonyl (C=O) groups is 1. The van der Waals surface area contributed by atoms with Gasteiger partial charge in [-0.25, -0.2) is 8.42 Å². The van der Waals surface area contributed by atoms with Crippen LogP contribution in [0.2, 0.25) is 0 Å². The lowest BCUT2D eigenvalue weighted by molar-refractivity contribution is -0.127. The number of hydrogen-bond donors (Lipinski definition) is 3. The van der Waals surface area contributed by atoms with Crippen molar-refractivity contribution in [2.24, 2.45) is 11.8 Å². The molecule has 0 radical (unpaired) electrons. The molecule has 1 amide bonds. The quantitative estimate of drug-likeness (QED) is 0.559. The average Bonchev–Trinajstić information content (AvgIpc) is 3.34. The minimum atomic E-state index is -2.93. The van der Waals surface area contributed by atoms with E-state index < -0.39 is 9.84 Å². The zero-order chi connectivity index (χ0) is 25.6. The van der Waals surface area contributed by atoms with Crippen molar-refractivity contribution in [2.75, 3.05) is 25.9 Å². The van der Waals surface area contributed by atoms with Crippen molar-refractivity contribution in [1.29, 1.82) is 0 Å². The number of piperidine rings is 3. The summed E-state index contributed by atoms with van der Waals surface area (Å²) >= 11 is 0. The zero-order valence-corrected chi connectivity index (χ0v) is 22.3. The Hall–Kier alpha value is -2.26. The van der Waals surface area contributed by atoms with Crippen molar-refractivity contribution in [1.82, 2.24) is 20.9 Å². The van der Waals surface area contributed by atoms with Gasteiger partial charge in [-0.05, 0) is 67.3 Å². The van der Waals surface area contributed by atoms with Crippen LogP contribution >= 0.6 is 0 Å². The fraction of sp³-hybridized carbons (Fsp3) is 0.552. The van der Waals surface area contributed by atoms with Crippen LogP contribution in [-0.2, 0) is 21.2 Å². The zero-order valence-electron chi connectivity index (χ0n) is 21.5. The van der Waals surface area contributed by atoms with Gasteiger partial charge in [-0.2, -0.15) is 0 Å². The van der Waals surface area contributed by atoms with E-state index in [1.807, 2.05) is 18.2 Å². The second-order valence-electron chi connectivity index (χ2n) is 11.5. The van der Waals surface area contributed by atoms with E-state index in [1.54, 1.807) is 0 Å². The Kier molecular flexibility index (Phi) is 6.86. The molecule has 0 aromatic heterocycles. The van der Waals surface area contributed by atoms with E-state index in [2.05, 4.69) is 57.2 Å². The minimum absolute atomic E-state index is 0.0676. The summed E-state index contributed by atoms with van der Waals surface area (Å²) in [7, 11) is -2.93. The molecule has 4 heterocycles. The van der Waals surface area contributed by atoms with Gasteiger partial charge in [-0.1, -0.05) is 54.6 Å². The molecule has 6 rings (SSSR count). The number of hydrogen-bond acceptors (Lipinski definition) is 6. The molecule has 4 aliphatic heterocycles. The first-order chi connectivity index (χ1) is 17.8. The topological polar surface area (TPSA) is 90.5 Å². The maximum Gasteiger partial charge on any atom is 0.227 e. The number of sulfone groups is 1. The number of nitrogens with one attached hydrogen (secondary N) is 3. The summed E-state index contributed by atoms with van der Waals surface area (Å²) in [6.45, 7) is 3.35. The Bertz CT molecular complexity index is 1210. The van der Waals surface area contributed by atoms with Crippen LogP contribution in [0.5, 0.6) is 0 Å².